The SMILES string of the molecule is O=C1C(Cl)=C(NCCC2CC(Br)C(O)C(Br)C2)C(=O)c2ncccc21. The van der Waals surface area contributed by atoms with Gasteiger partial charge in [0.2, 0.25) is 11.6 Å². The minimum atomic E-state index is -0.401. The van der Waals surface area contributed by atoms with Gasteiger partial charge in [0.05, 0.1) is 11.7 Å². The molecule has 2 atom stereocenters. The van der Waals surface area contributed by atoms with Crippen LogP contribution in [0.5, 0.6) is 0 Å². The number of fused-ring (bicyclic) bond motifs is 1. The molecule has 0 spiro atoms. The van der Waals surface area contributed by atoms with Gasteiger partial charge >= 0.3 is 0 Å². The molecule has 8 heteroatoms. The number of aliphatic hydroxyl groups excluding tert-OH is 1. The third-order valence-corrected chi connectivity index (χ3v) is 6.82. The van der Waals surface area contributed by atoms with Crippen molar-refractivity contribution < 1.29 is 14.7 Å². The fraction of sp³-hybridized carbons (Fsp3) is 0.471. The second kappa shape index (κ2) is 7.86. The monoisotopic (exact) mass is 490 g/mol. The molecule has 0 bridgehead atoms. The molecule has 25 heavy (non-hydrogen) atoms. The summed E-state index contributed by atoms with van der Waals surface area (Å²) in [5.74, 6) is -0.339. The smallest absolute Gasteiger partial charge is 0.229 e. The second-order valence-electron chi connectivity index (χ2n) is 6.32. The Morgan fingerprint density at radius 1 is 1.24 bits per heavy atom. The maximum Gasteiger partial charge on any atom is 0.229 e. The number of nitrogens with zero attached hydrogens (tertiary/aromatic N) is 1. The van der Waals surface area contributed by atoms with Crippen molar-refractivity contribution in [1.29, 1.82) is 0 Å². The maximum atomic E-state index is 12.5. The Labute approximate surface area is 167 Å². The molecule has 0 saturated heterocycles. The minimum Gasteiger partial charge on any atom is -0.391 e. The molecule has 3 rings (SSSR count). The number of aliphatic hydroxyl groups is 1. The predicted octanol–water partition coefficient (Wildman–Crippen LogP) is 3.19. The molecule has 1 aromatic heterocycles. The highest BCUT2D eigenvalue weighted by atomic mass is 79.9. The van der Waals surface area contributed by atoms with Crippen LogP contribution in [-0.4, -0.2) is 44.0 Å². The molecule has 2 unspecified atom stereocenters. The van der Waals surface area contributed by atoms with Gasteiger partial charge in [-0.3, -0.25) is 14.6 Å². The first kappa shape index (κ1) is 19.0. The summed E-state index contributed by atoms with van der Waals surface area (Å²) in [6, 6.07) is 3.17. The van der Waals surface area contributed by atoms with E-state index in [1.54, 1.807) is 12.1 Å². The molecule has 1 saturated carbocycles. The van der Waals surface area contributed by atoms with E-state index < -0.39 is 6.10 Å². The van der Waals surface area contributed by atoms with Gasteiger partial charge in [0.1, 0.15) is 16.4 Å². The van der Waals surface area contributed by atoms with Crippen molar-refractivity contribution in [2.24, 2.45) is 5.92 Å². The Bertz CT molecular complexity index is 728. The highest BCUT2D eigenvalue weighted by Gasteiger charge is 2.35. The zero-order valence-corrected chi connectivity index (χ0v) is 17.1. The first-order chi connectivity index (χ1) is 11.9. The summed E-state index contributed by atoms with van der Waals surface area (Å²) in [6.45, 7) is 0.521. The van der Waals surface area contributed by atoms with E-state index in [1.165, 1.54) is 6.20 Å². The van der Waals surface area contributed by atoms with Gasteiger partial charge in [-0.1, -0.05) is 43.5 Å². The summed E-state index contributed by atoms with van der Waals surface area (Å²) in [6.07, 6.45) is 3.60. The Hall–Kier alpha value is -0.760. The number of carbonyl (C=O) groups excluding carboxylic acids is 2. The molecule has 1 aromatic rings. The standard InChI is InChI=1S/C17H17Br2ClN2O3/c18-10-6-8(7-11(19)16(10)24)3-5-22-14-12(20)15(23)9-2-1-4-21-13(9)17(14)25/h1-2,4,8,10-11,16,22,24H,3,5-7H2. The van der Waals surface area contributed by atoms with Gasteiger partial charge in [0.15, 0.2) is 0 Å². The van der Waals surface area contributed by atoms with E-state index in [0.717, 1.165) is 19.3 Å². The molecule has 0 amide bonds. The fourth-order valence-electron chi connectivity index (χ4n) is 3.25. The number of allylic oxidation sites excluding steroid dienone is 2. The first-order valence-electron chi connectivity index (χ1n) is 8.04. The molecule has 134 valence electrons. The molecule has 0 radical (unpaired) electrons. The van der Waals surface area contributed by atoms with Crippen LogP contribution in [0, 0.1) is 5.92 Å². The van der Waals surface area contributed by atoms with Crippen LogP contribution in [0.25, 0.3) is 0 Å². The lowest BCUT2D eigenvalue weighted by Gasteiger charge is -2.34. The van der Waals surface area contributed by atoms with E-state index in [0.29, 0.717) is 12.5 Å². The zero-order chi connectivity index (χ0) is 18.1. The molecule has 2 N–H and O–H groups in total. The number of aromatic nitrogens is 1. The molecule has 1 heterocycles. The van der Waals surface area contributed by atoms with Gasteiger partial charge in [-0.15, -0.1) is 0 Å². The van der Waals surface area contributed by atoms with Crippen LogP contribution in [-0.2, 0) is 0 Å². The van der Waals surface area contributed by atoms with Crippen LogP contribution in [0.2, 0.25) is 0 Å². The number of pyridine rings is 1. The Balaban J connectivity index is 1.65. The number of nitrogens with one attached hydrogen (secondary N) is 1. The lowest BCUT2D eigenvalue weighted by Crippen LogP contribution is -2.39. The van der Waals surface area contributed by atoms with E-state index in [4.69, 9.17) is 11.6 Å². The second-order valence-corrected chi connectivity index (χ2v) is 9.05. The number of hydrogen-bond acceptors (Lipinski definition) is 5. The normalized spacial score (nSPS) is 29.6. The quantitative estimate of drug-likeness (QED) is 0.632. The van der Waals surface area contributed by atoms with Crippen molar-refractivity contribution in [1.82, 2.24) is 10.3 Å². The average molecular weight is 493 g/mol. The van der Waals surface area contributed by atoms with Crippen molar-refractivity contribution in [2.75, 3.05) is 6.54 Å². The van der Waals surface area contributed by atoms with Crippen molar-refractivity contribution in [2.45, 2.75) is 35.0 Å². The molecular weight excluding hydrogens is 475 g/mol. The fourth-order valence-corrected chi connectivity index (χ4v) is 5.71. The van der Waals surface area contributed by atoms with E-state index >= 15 is 0 Å². The summed E-state index contributed by atoms with van der Waals surface area (Å²) in [5, 5.41) is 12.9. The van der Waals surface area contributed by atoms with Crippen molar-refractivity contribution in [3.63, 3.8) is 0 Å². The van der Waals surface area contributed by atoms with Gasteiger partial charge < -0.3 is 10.4 Å². The molecule has 2 aliphatic carbocycles. The third kappa shape index (κ3) is 3.84. The first-order valence-corrected chi connectivity index (χ1v) is 10.2. The van der Waals surface area contributed by atoms with Gasteiger partial charge in [-0.05, 0) is 37.3 Å². The Kier molecular flexibility index (Phi) is 5.98. The molecule has 1 fully saturated rings. The summed E-state index contributed by atoms with van der Waals surface area (Å²) in [7, 11) is 0. The van der Waals surface area contributed by atoms with Gasteiger partial charge in [0.25, 0.3) is 0 Å². The molecule has 5 nitrogen and oxygen atoms in total. The lowest BCUT2D eigenvalue weighted by atomic mass is 9.85. The number of halogens is 3. The topological polar surface area (TPSA) is 79.3 Å². The van der Waals surface area contributed by atoms with E-state index in [1.807, 2.05) is 0 Å². The van der Waals surface area contributed by atoms with Crippen LogP contribution < -0.4 is 5.32 Å². The third-order valence-electron chi connectivity index (χ3n) is 4.63. The van der Waals surface area contributed by atoms with E-state index in [-0.39, 0.29) is 43.2 Å². The number of Topliss-reactive ketones (excluding diaryl/α,β-unsaturated/α-hetero) is 2. The van der Waals surface area contributed by atoms with Crippen molar-refractivity contribution >= 4 is 55.0 Å². The van der Waals surface area contributed by atoms with Gasteiger partial charge in [0, 0.05) is 22.4 Å². The maximum absolute atomic E-state index is 12.5. The highest BCUT2D eigenvalue weighted by Crippen LogP contribution is 2.35. The number of carbonyl (C=O) groups is 2. The number of hydrogen-bond donors (Lipinski definition) is 2. The molecular formula is C17H17Br2ClN2O3. The summed E-state index contributed by atoms with van der Waals surface area (Å²) < 4.78 is 0. The highest BCUT2D eigenvalue weighted by molar-refractivity contribution is 9.10. The van der Waals surface area contributed by atoms with Gasteiger partial charge in [-0.2, -0.15) is 0 Å². The van der Waals surface area contributed by atoms with Crippen LogP contribution in [0.15, 0.2) is 29.1 Å². The van der Waals surface area contributed by atoms with Crippen LogP contribution >= 0.6 is 43.5 Å². The van der Waals surface area contributed by atoms with Crippen molar-refractivity contribution in [3.05, 3.63) is 40.3 Å². The number of ketones is 2. The van der Waals surface area contributed by atoms with Crippen molar-refractivity contribution in [3.8, 4) is 0 Å². The summed E-state index contributed by atoms with van der Waals surface area (Å²) in [5.41, 5.74) is 0.509. The van der Waals surface area contributed by atoms with E-state index in [2.05, 4.69) is 42.2 Å². The average Bonchev–Trinajstić information content (AvgIpc) is 2.60. The summed E-state index contributed by atoms with van der Waals surface area (Å²) >= 11 is 13.1. The number of alkyl halides is 2. The molecule has 0 aromatic carbocycles. The predicted molar refractivity (Wildman–Crippen MR) is 103 cm³/mol. The minimum absolute atomic E-state index is 0.0485. The van der Waals surface area contributed by atoms with Crippen LogP contribution in [0.1, 0.15) is 40.1 Å². The molecule has 2 aliphatic rings. The Morgan fingerprint density at radius 2 is 1.92 bits per heavy atom. The summed E-state index contributed by atoms with van der Waals surface area (Å²) in [4.78, 5) is 28.9. The Morgan fingerprint density at radius 3 is 2.60 bits per heavy atom. The lowest BCUT2D eigenvalue weighted by molar-refractivity contribution is 0.0969. The largest absolute Gasteiger partial charge is 0.391 e. The zero-order valence-electron chi connectivity index (χ0n) is 13.2. The van der Waals surface area contributed by atoms with Crippen LogP contribution in [0.3, 0.4) is 0 Å². The van der Waals surface area contributed by atoms with E-state index in [9.17, 15) is 14.7 Å². The molecule has 0 aliphatic heterocycles. The number of rotatable bonds is 4. The van der Waals surface area contributed by atoms with Gasteiger partial charge in [-0.25, -0.2) is 0 Å². The van der Waals surface area contributed by atoms with Crippen LogP contribution in [0.4, 0.5) is 0 Å².